The maximum Gasteiger partial charge on any atom is 0.295 e. The lowest BCUT2D eigenvalue weighted by Gasteiger charge is -2.29. The van der Waals surface area contributed by atoms with Gasteiger partial charge in [-0.25, -0.2) is 0 Å². The molecular formula is C29H36N2O5. The van der Waals surface area contributed by atoms with Crippen LogP contribution in [0.5, 0.6) is 5.75 Å². The van der Waals surface area contributed by atoms with Crippen LogP contribution in [-0.4, -0.2) is 73.1 Å². The summed E-state index contributed by atoms with van der Waals surface area (Å²) in [5.41, 5.74) is 2.49. The number of morpholine rings is 1. The number of aliphatic hydroxyl groups excluding tert-OH is 1. The second kappa shape index (κ2) is 10.8. The van der Waals surface area contributed by atoms with E-state index in [0.29, 0.717) is 31.1 Å². The zero-order valence-electron chi connectivity index (χ0n) is 21.6. The van der Waals surface area contributed by atoms with Gasteiger partial charge in [0, 0.05) is 31.7 Å². The van der Waals surface area contributed by atoms with E-state index in [0.717, 1.165) is 37.2 Å². The minimum Gasteiger partial charge on any atom is -0.507 e. The van der Waals surface area contributed by atoms with E-state index in [4.69, 9.17) is 9.47 Å². The first-order valence-corrected chi connectivity index (χ1v) is 12.5. The molecule has 7 nitrogen and oxygen atoms in total. The summed E-state index contributed by atoms with van der Waals surface area (Å²) in [5, 5.41) is 11.3. The Bertz CT molecular complexity index is 1130. The highest BCUT2D eigenvalue weighted by molar-refractivity contribution is 6.46. The van der Waals surface area contributed by atoms with Crippen molar-refractivity contribution in [2.75, 3.05) is 46.5 Å². The third-order valence-corrected chi connectivity index (χ3v) is 6.95. The van der Waals surface area contributed by atoms with Crippen LogP contribution >= 0.6 is 0 Å². The highest BCUT2D eigenvalue weighted by atomic mass is 16.5. The van der Waals surface area contributed by atoms with Gasteiger partial charge in [-0.1, -0.05) is 57.2 Å². The van der Waals surface area contributed by atoms with Crippen molar-refractivity contribution in [3.63, 3.8) is 0 Å². The van der Waals surface area contributed by atoms with Gasteiger partial charge in [0.15, 0.2) is 0 Å². The van der Waals surface area contributed by atoms with Crippen LogP contribution in [0.25, 0.3) is 5.76 Å². The first-order valence-electron chi connectivity index (χ1n) is 12.5. The van der Waals surface area contributed by atoms with Gasteiger partial charge in [-0.2, -0.15) is 0 Å². The van der Waals surface area contributed by atoms with Crippen molar-refractivity contribution < 1.29 is 24.2 Å². The van der Waals surface area contributed by atoms with Crippen molar-refractivity contribution in [3.05, 3.63) is 70.8 Å². The molecule has 0 radical (unpaired) electrons. The van der Waals surface area contributed by atoms with Crippen LogP contribution in [-0.2, 0) is 19.7 Å². The molecule has 2 saturated heterocycles. The molecule has 2 aromatic carbocycles. The van der Waals surface area contributed by atoms with Gasteiger partial charge in [0.1, 0.15) is 11.5 Å². The number of amides is 1. The Morgan fingerprint density at radius 1 is 1.06 bits per heavy atom. The van der Waals surface area contributed by atoms with Crippen molar-refractivity contribution in [1.29, 1.82) is 0 Å². The van der Waals surface area contributed by atoms with Gasteiger partial charge >= 0.3 is 0 Å². The Balaban J connectivity index is 1.70. The second-order valence-corrected chi connectivity index (χ2v) is 10.4. The van der Waals surface area contributed by atoms with E-state index >= 15 is 0 Å². The molecule has 1 atom stereocenters. The fraction of sp³-hybridized carbons (Fsp3) is 0.448. The molecule has 7 heteroatoms. The van der Waals surface area contributed by atoms with Crippen LogP contribution < -0.4 is 4.74 Å². The minimum absolute atomic E-state index is 0.0287. The van der Waals surface area contributed by atoms with Gasteiger partial charge < -0.3 is 19.5 Å². The van der Waals surface area contributed by atoms with Crippen LogP contribution in [0.4, 0.5) is 0 Å². The maximum atomic E-state index is 13.3. The zero-order valence-corrected chi connectivity index (χ0v) is 21.6. The number of carbonyl (C=O) groups is 2. The molecule has 0 aromatic heterocycles. The van der Waals surface area contributed by atoms with Crippen LogP contribution in [0.1, 0.15) is 49.9 Å². The summed E-state index contributed by atoms with van der Waals surface area (Å²) in [5.74, 6) is -0.865. The second-order valence-electron chi connectivity index (χ2n) is 10.4. The first-order chi connectivity index (χ1) is 17.2. The van der Waals surface area contributed by atoms with Gasteiger partial charge in [-0.15, -0.1) is 0 Å². The molecule has 2 aliphatic rings. The molecule has 0 unspecified atom stereocenters. The molecule has 36 heavy (non-hydrogen) atoms. The van der Waals surface area contributed by atoms with E-state index < -0.39 is 17.7 Å². The lowest BCUT2D eigenvalue weighted by molar-refractivity contribution is -0.140. The molecule has 0 bridgehead atoms. The number of methoxy groups -OCH3 is 1. The number of hydrogen-bond acceptors (Lipinski definition) is 6. The average Bonchev–Trinajstić information content (AvgIpc) is 3.13. The molecule has 2 aliphatic heterocycles. The highest BCUT2D eigenvalue weighted by Gasteiger charge is 2.45. The number of rotatable bonds is 7. The molecular weight excluding hydrogens is 456 g/mol. The molecule has 2 aromatic rings. The summed E-state index contributed by atoms with van der Waals surface area (Å²) < 4.78 is 10.7. The smallest absolute Gasteiger partial charge is 0.295 e. The molecule has 4 rings (SSSR count). The standard InChI is InChI=1S/C29H36N2O5/c1-29(2,3)22-11-9-20(10-12-22)25-24(26(32)21-7-5-8-23(19-21)35-4)27(33)28(34)31(25)14-6-13-30-15-17-36-18-16-30/h5,7-12,19,25,32H,6,13-18H2,1-4H3/t25-/m1/s1. The highest BCUT2D eigenvalue weighted by Crippen LogP contribution is 2.40. The molecule has 0 spiro atoms. The average molecular weight is 493 g/mol. The number of nitrogens with zero attached hydrogens (tertiary/aromatic N) is 2. The minimum atomic E-state index is -0.661. The molecule has 0 saturated carbocycles. The van der Waals surface area contributed by atoms with Crippen LogP contribution in [0.2, 0.25) is 0 Å². The summed E-state index contributed by atoms with van der Waals surface area (Å²) in [6.07, 6.45) is 0.725. The van der Waals surface area contributed by atoms with Gasteiger partial charge in [0.05, 0.1) is 31.9 Å². The SMILES string of the molecule is COc1cccc(C(O)=C2C(=O)C(=O)N(CCCN3CCOCC3)[C@@H]2c2ccc(C(C)(C)C)cc2)c1. The van der Waals surface area contributed by atoms with E-state index in [2.05, 4.69) is 25.7 Å². The fourth-order valence-corrected chi connectivity index (χ4v) is 4.84. The van der Waals surface area contributed by atoms with Crippen molar-refractivity contribution in [2.45, 2.75) is 38.6 Å². The van der Waals surface area contributed by atoms with Crippen molar-refractivity contribution in [2.24, 2.45) is 0 Å². The molecule has 2 heterocycles. The monoisotopic (exact) mass is 492 g/mol. The van der Waals surface area contributed by atoms with Crippen LogP contribution in [0.3, 0.4) is 0 Å². The van der Waals surface area contributed by atoms with E-state index in [1.54, 1.807) is 36.3 Å². The summed E-state index contributed by atoms with van der Waals surface area (Å²) >= 11 is 0. The normalized spacial score (nSPS) is 20.7. The molecule has 1 amide bonds. The Labute approximate surface area is 213 Å². The zero-order chi connectivity index (χ0) is 25.9. The Morgan fingerprint density at radius 3 is 2.39 bits per heavy atom. The van der Waals surface area contributed by atoms with Crippen molar-refractivity contribution >= 4 is 17.4 Å². The van der Waals surface area contributed by atoms with E-state index in [9.17, 15) is 14.7 Å². The van der Waals surface area contributed by atoms with E-state index in [1.165, 1.54) is 0 Å². The molecule has 1 N–H and O–H groups in total. The van der Waals surface area contributed by atoms with Gasteiger partial charge in [-0.05, 0) is 35.1 Å². The van der Waals surface area contributed by atoms with Crippen molar-refractivity contribution in [1.82, 2.24) is 9.80 Å². The lowest BCUT2D eigenvalue weighted by Crippen LogP contribution is -2.39. The molecule has 2 fully saturated rings. The Morgan fingerprint density at radius 2 is 1.75 bits per heavy atom. The van der Waals surface area contributed by atoms with Crippen LogP contribution in [0.15, 0.2) is 54.1 Å². The third kappa shape index (κ3) is 5.47. The summed E-state index contributed by atoms with van der Waals surface area (Å²) in [7, 11) is 1.54. The predicted molar refractivity (Wildman–Crippen MR) is 139 cm³/mol. The number of Topliss-reactive ketones (excluding diaryl/α,β-unsaturated/α-hetero) is 1. The Kier molecular flexibility index (Phi) is 7.81. The van der Waals surface area contributed by atoms with Gasteiger partial charge in [0.25, 0.3) is 11.7 Å². The van der Waals surface area contributed by atoms with E-state index in [-0.39, 0.29) is 16.7 Å². The Hall–Kier alpha value is -3.16. The maximum absolute atomic E-state index is 13.3. The number of ketones is 1. The number of carbonyl (C=O) groups excluding carboxylic acids is 2. The number of likely N-dealkylation sites (tertiary alicyclic amines) is 1. The summed E-state index contributed by atoms with van der Waals surface area (Å²) in [6.45, 7) is 10.8. The summed E-state index contributed by atoms with van der Waals surface area (Å²) in [6, 6.07) is 14.2. The summed E-state index contributed by atoms with van der Waals surface area (Å²) in [4.78, 5) is 30.5. The van der Waals surface area contributed by atoms with Crippen molar-refractivity contribution in [3.8, 4) is 5.75 Å². The van der Waals surface area contributed by atoms with E-state index in [1.807, 2.05) is 24.3 Å². The largest absolute Gasteiger partial charge is 0.507 e. The first kappa shape index (κ1) is 25.9. The van der Waals surface area contributed by atoms with Gasteiger partial charge in [-0.3, -0.25) is 14.5 Å². The third-order valence-electron chi connectivity index (χ3n) is 6.95. The quantitative estimate of drug-likeness (QED) is 0.356. The molecule has 192 valence electrons. The topological polar surface area (TPSA) is 79.3 Å². The number of hydrogen-bond donors (Lipinski definition) is 1. The predicted octanol–water partition coefficient (Wildman–Crippen LogP) is 4.14. The number of ether oxygens (including phenoxy) is 2. The lowest BCUT2D eigenvalue weighted by atomic mass is 9.85. The van der Waals surface area contributed by atoms with Crippen LogP contribution in [0, 0.1) is 0 Å². The number of aliphatic hydroxyl groups is 1. The number of benzene rings is 2. The molecule has 0 aliphatic carbocycles. The fourth-order valence-electron chi connectivity index (χ4n) is 4.84. The van der Waals surface area contributed by atoms with Gasteiger partial charge in [0.2, 0.25) is 0 Å².